The lowest BCUT2D eigenvalue weighted by atomic mass is 10.1. The monoisotopic (exact) mass is 376 g/mol. The second kappa shape index (κ2) is 7.90. The average molecular weight is 376 g/mol. The Morgan fingerprint density at radius 2 is 1.93 bits per heavy atom. The Balaban J connectivity index is 1.80. The first-order chi connectivity index (χ1) is 12.8. The third kappa shape index (κ3) is 4.72. The van der Waals surface area contributed by atoms with E-state index >= 15 is 0 Å². The summed E-state index contributed by atoms with van der Waals surface area (Å²) in [6.45, 7) is 3.25. The van der Waals surface area contributed by atoms with Gasteiger partial charge in [-0.25, -0.2) is 0 Å². The first kappa shape index (κ1) is 19.1. The Morgan fingerprint density at radius 1 is 1.26 bits per heavy atom. The molecule has 0 saturated heterocycles. The van der Waals surface area contributed by atoms with E-state index in [0.717, 1.165) is 17.5 Å². The highest BCUT2D eigenvalue weighted by Gasteiger charge is 2.33. The summed E-state index contributed by atoms with van der Waals surface area (Å²) in [7, 11) is 0. The molecule has 7 heteroatoms. The Labute approximate surface area is 156 Å². The molecule has 0 aliphatic heterocycles. The van der Waals surface area contributed by atoms with Crippen LogP contribution < -0.4 is 14.8 Å². The molecule has 1 amide bonds. The number of benzene rings is 1. The minimum absolute atomic E-state index is 0.0777. The topological polar surface area (TPSA) is 60.5 Å². The fraction of sp³-hybridized carbons (Fsp3) is 0.400. The van der Waals surface area contributed by atoms with E-state index in [0.29, 0.717) is 29.7 Å². The molecule has 5 nitrogen and oxygen atoms in total. The number of hydrogen-bond donors (Lipinski definition) is 1. The van der Waals surface area contributed by atoms with Crippen LogP contribution in [0.1, 0.15) is 34.8 Å². The molecule has 2 atom stereocenters. The summed E-state index contributed by atoms with van der Waals surface area (Å²) in [5.74, 6) is 0.676. The van der Waals surface area contributed by atoms with Crippen LogP contribution >= 0.6 is 0 Å². The summed E-state index contributed by atoms with van der Waals surface area (Å²) >= 11 is 0. The minimum atomic E-state index is -2.96. The summed E-state index contributed by atoms with van der Waals surface area (Å²) < 4.78 is 35.5. The number of carbonyl (C=O) groups excluding carboxylic acids is 1. The Hall–Kier alpha value is -2.70. The highest BCUT2D eigenvalue weighted by Crippen LogP contribution is 2.39. The molecular weight excluding hydrogens is 354 g/mol. The van der Waals surface area contributed by atoms with Crippen LogP contribution in [0.5, 0.6) is 11.5 Å². The van der Waals surface area contributed by atoms with Gasteiger partial charge in [-0.1, -0.05) is 6.92 Å². The zero-order valence-corrected chi connectivity index (χ0v) is 15.5. The van der Waals surface area contributed by atoms with E-state index < -0.39 is 6.61 Å². The fourth-order valence-corrected chi connectivity index (χ4v) is 2.87. The van der Waals surface area contributed by atoms with E-state index in [9.17, 15) is 13.6 Å². The van der Waals surface area contributed by atoms with Crippen LogP contribution in [0.25, 0.3) is 0 Å². The van der Waals surface area contributed by atoms with Crippen LogP contribution in [-0.2, 0) is 0 Å². The number of pyridine rings is 1. The Morgan fingerprint density at radius 3 is 2.52 bits per heavy atom. The van der Waals surface area contributed by atoms with Crippen LogP contribution in [-0.4, -0.2) is 24.1 Å². The number of anilines is 1. The molecule has 144 valence electrons. The first-order valence-electron chi connectivity index (χ1n) is 8.79. The molecule has 27 heavy (non-hydrogen) atoms. The van der Waals surface area contributed by atoms with Crippen LogP contribution in [0, 0.1) is 25.7 Å². The SMILES string of the molecule is Cc1cncc(C)c1NC(=O)c1ccc(OC(F)F)c(OCC2C[C@H]2C)c1. The maximum absolute atomic E-state index is 12.6. The molecule has 1 aromatic carbocycles. The van der Waals surface area contributed by atoms with Gasteiger partial charge < -0.3 is 14.8 Å². The third-order valence-corrected chi connectivity index (χ3v) is 4.71. The van der Waals surface area contributed by atoms with Crippen molar-refractivity contribution < 1.29 is 23.0 Å². The van der Waals surface area contributed by atoms with E-state index in [1.54, 1.807) is 12.4 Å². The van der Waals surface area contributed by atoms with E-state index in [-0.39, 0.29) is 17.4 Å². The van der Waals surface area contributed by atoms with Gasteiger partial charge in [-0.3, -0.25) is 9.78 Å². The highest BCUT2D eigenvalue weighted by atomic mass is 19.3. The predicted octanol–water partition coefficient (Wildman–Crippen LogP) is 4.59. The summed E-state index contributed by atoms with van der Waals surface area (Å²) in [5, 5.41) is 2.84. The lowest BCUT2D eigenvalue weighted by Gasteiger charge is -2.15. The summed E-state index contributed by atoms with van der Waals surface area (Å²) in [5.41, 5.74) is 2.64. The van der Waals surface area contributed by atoms with Crippen molar-refractivity contribution in [3.8, 4) is 11.5 Å². The van der Waals surface area contributed by atoms with Crippen LogP contribution in [0.2, 0.25) is 0 Å². The maximum atomic E-state index is 12.6. The molecule has 1 unspecified atom stereocenters. The molecule has 1 aliphatic rings. The van der Waals surface area contributed by atoms with Crippen molar-refractivity contribution in [2.45, 2.75) is 33.8 Å². The first-order valence-corrected chi connectivity index (χ1v) is 8.79. The van der Waals surface area contributed by atoms with E-state index in [4.69, 9.17) is 4.74 Å². The van der Waals surface area contributed by atoms with E-state index in [2.05, 4.69) is 22.0 Å². The van der Waals surface area contributed by atoms with Gasteiger partial charge in [-0.05, 0) is 61.4 Å². The summed E-state index contributed by atoms with van der Waals surface area (Å²) in [6, 6.07) is 4.20. The molecule has 1 heterocycles. The normalized spacial score (nSPS) is 18.3. The molecule has 0 bridgehead atoms. The van der Waals surface area contributed by atoms with Crippen molar-refractivity contribution in [3.63, 3.8) is 0 Å². The second-order valence-corrected chi connectivity index (χ2v) is 6.93. The molecule has 0 radical (unpaired) electrons. The van der Waals surface area contributed by atoms with Crippen molar-refractivity contribution in [2.24, 2.45) is 11.8 Å². The standard InChI is InChI=1S/C20H22F2N2O3/c1-11-6-15(11)10-26-17-7-14(4-5-16(17)27-20(21)22)19(25)24-18-12(2)8-23-9-13(18)3/h4-5,7-9,11,15,20H,6,10H2,1-3H3,(H,23,24,25)/t11-,15?/m1/s1. The summed E-state index contributed by atoms with van der Waals surface area (Å²) in [4.78, 5) is 16.7. The minimum Gasteiger partial charge on any atom is -0.489 e. The van der Waals surface area contributed by atoms with Crippen molar-refractivity contribution in [1.82, 2.24) is 4.98 Å². The molecule has 2 aromatic rings. The van der Waals surface area contributed by atoms with Gasteiger partial charge in [0.05, 0.1) is 6.61 Å². The van der Waals surface area contributed by atoms with Crippen molar-refractivity contribution in [3.05, 3.63) is 47.3 Å². The van der Waals surface area contributed by atoms with Gasteiger partial charge in [0.15, 0.2) is 11.5 Å². The molecule has 1 aromatic heterocycles. The number of aryl methyl sites for hydroxylation is 2. The van der Waals surface area contributed by atoms with Gasteiger partial charge in [0.2, 0.25) is 0 Å². The maximum Gasteiger partial charge on any atom is 0.387 e. The number of nitrogens with zero attached hydrogens (tertiary/aromatic N) is 1. The summed E-state index contributed by atoms with van der Waals surface area (Å²) in [6.07, 6.45) is 4.37. The van der Waals surface area contributed by atoms with Crippen LogP contribution in [0.4, 0.5) is 14.5 Å². The Bertz CT molecular complexity index is 822. The average Bonchev–Trinajstić information content (AvgIpc) is 3.32. The largest absolute Gasteiger partial charge is 0.489 e. The van der Waals surface area contributed by atoms with Crippen molar-refractivity contribution in [1.29, 1.82) is 0 Å². The molecule has 1 fully saturated rings. The Kier molecular flexibility index (Phi) is 5.58. The number of amides is 1. The molecule has 1 saturated carbocycles. The smallest absolute Gasteiger partial charge is 0.387 e. The number of carbonyl (C=O) groups is 1. The highest BCUT2D eigenvalue weighted by molar-refractivity contribution is 6.05. The van der Waals surface area contributed by atoms with Crippen LogP contribution in [0.15, 0.2) is 30.6 Å². The second-order valence-electron chi connectivity index (χ2n) is 6.93. The van der Waals surface area contributed by atoms with Gasteiger partial charge in [0, 0.05) is 23.6 Å². The molecule has 3 rings (SSSR count). The number of hydrogen-bond acceptors (Lipinski definition) is 4. The lowest BCUT2D eigenvalue weighted by Crippen LogP contribution is -2.15. The number of ether oxygens (including phenoxy) is 2. The number of rotatable bonds is 7. The molecule has 1 N–H and O–H groups in total. The third-order valence-electron chi connectivity index (χ3n) is 4.71. The van der Waals surface area contributed by atoms with Gasteiger partial charge in [0.1, 0.15) is 0 Å². The zero-order valence-electron chi connectivity index (χ0n) is 15.5. The molecule has 1 aliphatic carbocycles. The van der Waals surface area contributed by atoms with Crippen molar-refractivity contribution in [2.75, 3.05) is 11.9 Å². The van der Waals surface area contributed by atoms with Gasteiger partial charge in [-0.2, -0.15) is 8.78 Å². The fourth-order valence-electron chi connectivity index (χ4n) is 2.87. The van der Waals surface area contributed by atoms with Crippen LogP contribution in [0.3, 0.4) is 0 Å². The zero-order chi connectivity index (χ0) is 19.6. The molecule has 0 spiro atoms. The van der Waals surface area contributed by atoms with Gasteiger partial charge >= 0.3 is 6.61 Å². The van der Waals surface area contributed by atoms with E-state index in [1.807, 2.05) is 13.8 Å². The lowest BCUT2D eigenvalue weighted by molar-refractivity contribution is -0.0515. The number of aromatic nitrogens is 1. The van der Waals surface area contributed by atoms with Gasteiger partial charge in [-0.15, -0.1) is 0 Å². The van der Waals surface area contributed by atoms with Gasteiger partial charge in [0.25, 0.3) is 5.91 Å². The number of alkyl halides is 2. The van der Waals surface area contributed by atoms with E-state index in [1.165, 1.54) is 18.2 Å². The number of halogens is 2. The number of nitrogens with one attached hydrogen (secondary N) is 1. The quantitative estimate of drug-likeness (QED) is 0.768. The predicted molar refractivity (Wildman–Crippen MR) is 97.5 cm³/mol. The van der Waals surface area contributed by atoms with Crippen molar-refractivity contribution >= 4 is 11.6 Å². The molecular formula is C20H22F2N2O3.